The molecule has 0 saturated heterocycles. The standard InChI is InChI=1S/C17H16BrFN2O/c1-17(2)16(18)15(13-7-4-10(19)9-21-13)12-6-5-11(20-3)8-14(12)22-17/h4-9,20H,1-3H3. The number of nitrogens with one attached hydrogen (secondary N) is 1. The molecule has 2 aromatic rings. The number of halogens is 2. The van der Waals surface area contributed by atoms with Crippen molar-refractivity contribution in [2.45, 2.75) is 19.4 Å². The number of nitrogens with zero attached hydrogens (tertiary/aromatic N) is 1. The molecule has 5 heteroatoms. The normalized spacial score (nSPS) is 16.0. The van der Waals surface area contributed by atoms with Crippen LogP contribution in [-0.4, -0.2) is 17.6 Å². The summed E-state index contributed by atoms with van der Waals surface area (Å²) in [5, 5.41) is 3.10. The first kappa shape index (κ1) is 15.0. The number of benzene rings is 1. The van der Waals surface area contributed by atoms with Gasteiger partial charge < -0.3 is 10.1 Å². The zero-order valence-corrected chi connectivity index (χ0v) is 14.2. The van der Waals surface area contributed by atoms with Gasteiger partial charge in [-0.1, -0.05) is 15.9 Å². The van der Waals surface area contributed by atoms with Gasteiger partial charge in [0.15, 0.2) is 0 Å². The molecule has 0 unspecified atom stereocenters. The third-order valence-corrected chi connectivity index (χ3v) is 4.99. The Balaban J connectivity index is 2.23. The molecule has 0 amide bonds. The molecule has 0 fully saturated rings. The average Bonchev–Trinajstić information content (AvgIpc) is 2.49. The van der Waals surface area contributed by atoms with Crippen LogP contribution in [0.3, 0.4) is 0 Å². The molecule has 0 aliphatic carbocycles. The van der Waals surface area contributed by atoms with Crippen LogP contribution >= 0.6 is 15.9 Å². The van der Waals surface area contributed by atoms with Gasteiger partial charge >= 0.3 is 0 Å². The zero-order chi connectivity index (χ0) is 15.9. The highest BCUT2D eigenvalue weighted by atomic mass is 79.9. The monoisotopic (exact) mass is 362 g/mol. The lowest BCUT2D eigenvalue weighted by Crippen LogP contribution is -2.32. The second-order valence-electron chi connectivity index (χ2n) is 5.62. The van der Waals surface area contributed by atoms with Gasteiger partial charge in [-0.15, -0.1) is 0 Å². The SMILES string of the molecule is CNc1ccc2c(c1)OC(C)(C)C(Br)=C2c1ccc(F)cn1. The van der Waals surface area contributed by atoms with E-state index in [1.54, 1.807) is 6.07 Å². The van der Waals surface area contributed by atoms with Gasteiger partial charge in [0.05, 0.1) is 11.9 Å². The third kappa shape index (κ3) is 2.50. The van der Waals surface area contributed by atoms with Crippen LogP contribution in [0.25, 0.3) is 5.57 Å². The fourth-order valence-corrected chi connectivity index (χ4v) is 2.98. The molecule has 114 valence electrons. The molecule has 1 N–H and O–H groups in total. The first-order chi connectivity index (χ1) is 10.4. The van der Waals surface area contributed by atoms with Crippen molar-refractivity contribution >= 4 is 27.2 Å². The van der Waals surface area contributed by atoms with E-state index in [2.05, 4.69) is 26.2 Å². The summed E-state index contributed by atoms with van der Waals surface area (Å²) in [7, 11) is 1.86. The molecule has 1 aliphatic heterocycles. The van der Waals surface area contributed by atoms with E-state index < -0.39 is 5.60 Å². The Bertz CT molecular complexity index is 754. The lowest BCUT2D eigenvalue weighted by atomic mass is 9.92. The van der Waals surface area contributed by atoms with Crippen molar-refractivity contribution < 1.29 is 9.13 Å². The van der Waals surface area contributed by atoms with Gasteiger partial charge in [-0.05, 0) is 38.1 Å². The van der Waals surface area contributed by atoms with E-state index in [9.17, 15) is 4.39 Å². The highest BCUT2D eigenvalue weighted by Gasteiger charge is 2.34. The number of hydrogen-bond donors (Lipinski definition) is 1. The van der Waals surface area contributed by atoms with E-state index in [4.69, 9.17) is 4.74 Å². The average molecular weight is 363 g/mol. The van der Waals surface area contributed by atoms with Crippen molar-refractivity contribution in [3.63, 3.8) is 0 Å². The van der Waals surface area contributed by atoms with Crippen molar-refractivity contribution in [3.05, 3.63) is 58.1 Å². The maximum absolute atomic E-state index is 13.2. The van der Waals surface area contributed by atoms with Gasteiger partial charge in [-0.3, -0.25) is 4.98 Å². The Morgan fingerprint density at radius 3 is 2.64 bits per heavy atom. The van der Waals surface area contributed by atoms with Gasteiger partial charge in [0.1, 0.15) is 17.2 Å². The molecule has 22 heavy (non-hydrogen) atoms. The number of hydrogen-bond acceptors (Lipinski definition) is 3. The van der Waals surface area contributed by atoms with Crippen molar-refractivity contribution in [1.82, 2.24) is 4.98 Å². The van der Waals surface area contributed by atoms with Crippen molar-refractivity contribution in [2.75, 3.05) is 12.4 Å². The molecule has 1 aliphatic rings. The van der Waals surface area contributed by atoms with Crippen LogP contribution in [0.4, 0.5) is 10.1 Å². The molecular formula is C17H16BrFN2O. The summed E-state index contributed by atoms with van der Waals surface area (Å²) >= 11 is 3.64. The largest absolute Gasteiger partial charge is 0.482 e. The number of ether oxygens (including phenoxy) is 1. The van der Waals surface area contributed by atoms with Gasteiger partial charge in [0, 0.05) is 34.4 Å². The molecule has 0 atom stereocenters. The highest BCUT2D eigenvalue weighted by molar-refractivity contribution is 9.12. The fraction of sp³-hybridized carbons (Fsp3) is 0.235. The summed E-state index contributed by atoms with van der Waals surface area (Å²) in [4.78, 5) is 4.23. The predicted molar refractivity (Wildman–Crippen MR) is 89.8 cm³/mol. The number of rotatable bonds is 2. The topological polar surface area (TPSA) is 34.1 Å². The summed E-state index contributed by atoms with van der Waals surface area (Å²) in [6, 6.07) is 9.02. The summed E-state index contributed by atoms with van der Waals surface area (Å²) in [5.74, 6) is 0.429. The van der Waals surface area contributed by atoms with Crippen molar-refractivity contribution in [3.8, 4) is 5.75 Å². The fourth-order valence-electron chi connectivity index (χ4n) is 2.48. The Morgan fingerprint density at radius 2 is 2.00 bits per heavy atom. The number of anilines is 1. The zero-order valence-electron chi connectivity index (χ0n) is 12.6. The smallest absolute Gasteiger partial charge is 0.141 e. The molecule has 0 bridgehead atoms. The molecule has 3 nitrogen and oxygen atoms in total. The van der Waals surface area contributed by atoms with Crippen LogP contribution in [-0.2, 0) is 0 Å². The lowest BCUT2D eigenvalue weighted by molar-refractivity contribution is 0.155. The molecule has 0 radical (unpaired) electrons. The van der Waals surface area contributed by atoms with Crippen LogP contribution in [0.1, 0.15) is 25.1 Å². The molecule has 0 saturated carbocycles. The molecular weight excluding hydrogens is 347 g/mol. The maximum Gasteiger partial charge on any atom is 0.141 e. The molecule has 1 aromatic carbocycles. The number of pyridine rings is 1. The van der Waals surface area contributed by atoms with Gasteiger partial charge in [0.25, 0.3) is 0 Å². The summed E-state index contributed by atoms with van der Waals surface area (Å²) in [6.07, 6.45) is 1.23. The minimum absolute atomic E-state index is 0.349. The summed E-state index contributed by atoms with van der Waals surface area (Å²) < 4.78 is 20.2. The Kier molecular flexibility index (Phi) is 3.68. The second-order valence-corrected chi connectivity index (χ2v) is 6.42. The van der Waals surface area contributed by atoms with Crippen LogP contribution < -0.4 is 10.1 Å². The lowest BCUT2D eigenvalue weighted by Gasteiger charge is -2.34. The van der Waals surface area contributed by atoms with E-state index in [-0.39, 0.29) is 5.82 Å². The van der Waals surface area contributed by atoms with Crippen LogP contribution in [0.2, 0.25) is 0 Å². The highest BCUT2D eigenvalue weighted by Crippen LogP contribution is 2.46. The maximum atomic E-state index is 13.2. The summed E-state index contributed by atoms with van der Waals surface area (Å²) in [5.41, 5.74) is 3.02. The van der Waals surface area contributed by atoms with E-state index in [1.807, 2.05) is 39.1 Å². The van der Waals surface area contributed by atoms with Crippen LogP contribution in [0, 0.1) is 5.82 Å². The molecule has 3 rings (SSSR count). The van der Waals surface area contributed by atoms with Crippen molar-refractivity contribution in [1.29, 1.82) is 0 Å². The van der Waals surface area contributed by atoms with Crippen LogP contribution in [0.5, 0.6) is 5.75 Å². The minimum atomic E-state index is -0.523. The first-order valence-corrected chi connectivity index (χ1v) is 7.75. The number of fused-ring (bicyclic) bond motifs is 1. The first-order valence-electron chi connectivity index (χ1n) is 6.96. The number of aromatic nitrogens is 1. The van der Waals surface area contributed by atoms with E-state index in [1.165, 1.54) is 12.3 Å². The van der Waals surface area contributed by atoms with E-state index >= 15 is 0 Å². The predicted octanol–water partition coefficient (Wildman–Crippen LogP) is 4.59. The van der Waals surface area contributed by atoms with Crippen LogP contribution in [0.15, 0.2) is 41.0 Å². The molecule has 2 heterocycles. The van der Waals surface area contributed by atoms with Gasteiger partial charge in [-0.2, -0.15) is 0 Å². The van der Waals surface area contributed by atoms with Gasteiger partial charge in [0.2, 0.25) is 0 Å². The molecule has 0 spiro atoms. The quantitative estimate of drug-likeness (QED) is 0.848. The second kappa shape index (κ2) is 5.39. The third-order valence-electron chi connectivity index (χ3n) is 3.64. The van der Waals surface area contributed by atoms with E-state index in [0.29, 0.717) is 5.69 Å². The van der Waals surface area contributed by atoms with Gasteiger partial charge in [-0.25, -0.2) is 4.39 Å². The Morgan fingerprint density at radius 1 is 1.23 bits per heavy atom. The Hall–Kier alpha value is -1.88. The van der Waals surface area contributed by atoms with Crippen molar-refractivity contribution in [2.24, 2.45) is 0 Å². The minimum Gasteiger partial charge on any atom is -0.482 e. The summed E-state index contributed by atoms with van der Waals surface area (Å²) in [6.45, 7) is 3.96. The molecule has 1 aromatic heterocycles. The Labute approximate surface area is 137 Å². The van der Waals surface area contributed by atoms with E-state index in [0.717, 1.165) is 27.1 Å².